The van der Waals surface area contributed by atoms with Gasteiger partial charge < -0.3 is 0 Å². The Kier molecular flexibility index (Phi) is 9.08. The molecule has 43 heavy (non-hydrogen) atoms. The average Bonchev–Trinajstić information content (AvgIpc) is 2.92. The van der Waals surface area contributed by atoms with Gasteiger partial charge in [-0.05, 0) is 175 Å². The first-order chi connectivity index (χ1) is 19.7. The smallest absolute Gasteiger partial charge is 0.134 e. The fourth-order valence-corrected chi connectivity index (χ4v) is 12.2. The molecule has 2 unspecified atom stereocenters. The van der Waals surface area contributed by atoms with Crippen LogP contribution in [0.4, 0.5) is 0 Å². The van der Waals surface area contributed by atoms with Gasteiger partial charge >= 0.3 is 0 Å². The van der Waals surface area contributed by atoms with E-state index in [1.165, 1.54) is 83.2 Å². The van der Waals surface area contributed by atoms with E-state index < -0.39 is 7.92 Å². The first-order valence-corrected chi connectivity index (χ1v) is 17.8. The molecule has 0 bridgehead atoms. The molecular weight excluding hydrogens is 539 g/mol. The van der Waals surface area contributed by atoms with Gasteiger partial charge in [0.15, 0.2) is 0 Å². The Labute approximate surface area is 265 Å². The van der Waals surface area contributed by atoms with Crippen LogP contribution in [-0.2, 0) is 4.79 Å². The summed E-state index contributed by atoms with van der Waals surface area (Å²) in [6, 6.07) is 7.14. The lowest BCUT2D eigenvalue weighted by atomic mass is 9.83. The first-order valence-electron chi connectivity index (χ1n) is 16.3. The van der Waals surface area contributed by atoms with Gasteiger partial charge in [-0.25, -0.2) is 0 Å². The van der Waals surface area contributed by atoms with Crippen LogP contribution >= 0.6 is 7.92 Å². The van der Waals surface area contributed by atoms with Crippen LogP contribution in [0.1, 0.15) is 110 Å². The van der Waals surface area contributed by atoms with Crippen molar-refractivity contribution in [3.8, 4) is 22.3 Å². The van der Waals surface area contributed by atoms with Gasteiger partial charge in [0.05, 0.1) is 0 Å². The van der Waals surface area contributed by atoms with E-state index in [1.54, 1.807) is 0 Å². The minimum absolute atomic E-state index is 0.0159. The number of benzene rings is 3. The molecule has 0 spiro atoms. The monoisotopic (exact) mass is 596 g/mol. The summed E-state index contributed by atoms with van der Waals surface area (Å²) in [5.41, 5.74) is 20.3. The highest BCUT2D eigenvalue weighted by atomic mass is 31.1. The van der Waals surface area contributed by atoms with Crippen molar-refractivity contribution in [2.45, 2.75) is 135 Å². The van der Waals surface area contributed by atoms with Crippen LogP contribution < -0.4 is 5.30 Å². The van der Waals surface area contributed by atoms with E-state index in [-0.39, 0.29) is 10.8 Å². The van der Waals surface area contributed by atoms with Crippen LogP contribution in [0.2, 0.25) is 0 Å². The Morgan fingerprint density at radius 2 is 0.791 bits per heavy atom. The van der Waals surface area contributed by atoms with Crippen molar-refractivity contribution in [2.75, 3.05) is 0 Å². The largest absolute Gasteiger partial charge is 0.300 e. The summed E-state index contributed by atoms with van der Waals surface area (Å²) >= 11 is 0. The van der Waals surface area contributed by atoms with E-state index in [1.807, 2.05) is 0 Å². The highest BCUT2D eigenvalue weighted by Gasteiger charge is 2.48. The Bertz CT molecular complexity index is 1430. The molecule has 0 aliphatic carbocycles. The molecule has 1 aliphatic heterocycles. The lowest BCUT2D eigenvalue weighted by Gasteiger charge is -2.50. The zero-order valence-electron chi connectivity index (χ0n) is 30.2. The number of carbonyl (C=O) groups excluding carboxylic acids is 1. The molecule has 1 saturated heterocycles. The van der Waals surface area contributed by atoms with Crippen molar-refractivity contribution in [2.24, 2.45) is 10.8 Å². The van der Waals surface area contributed by atoms with E-state index in [0.29, 0.717) is 29.9 Å². The molecule has 0 N–H and O–H groups in total. The summed E-state index contributed by atoms with van der Waals surface area (Å²) in [5.74, 6) is 0.446. The summed E-state index contributed by atoms with van der Waals surface area (Å²) in [4.78, 5) is 13.5. The topological polar surface area (TPSA) is 17.1 Å². The van der Waals surface area contributed by atoms with Crippen LogP contribution in [0.15, 0.2) is 18.2 Å². The second kappa shape index (κ2) is 11.6. The van der Waals surface area contributed by atoms with Crippen molar-refractivity contribution in [3.05, 3.63) is 73.8 Å². The van der Waals surface area contributed by atoms with Crippen LogP contribution in [0, 0.1) is 80.1 Å². The van der Waals surface area contributed by atoms with Gasteiger partial charge in [0.1, 0.15) is 5.78 Å². The van der Waals surface area contributed by atoms with Gasteiger partial charge in [0.25, 0.3) is 0 Å². The number of carbonyl (C=O) groups is 1. The molecule has 0 saturated carbocycles. The van der Waals surface area contributed by atoms with E-state index in [4.69, 9.17) is 0 Å². The lowest BCUT2D eigenvalue weighted by molar-refractivity contribution is -0.120. The van der Waals surface area contributed by atoms with Gasteiger partial charge in [0, 0.05) is 12.8 Å². The third kappa shape index (κ3) is 5.70. The Morgan fingerprint density at radius 3 is 1.07 bits per heavy atom. The van der Waals surface area contributed by atoms with Crippen LogP contribution in [0.25, 0.3) is 22.3 Å². The molecule has 3 aromatic rings. The van der Waals surface area contributed by atoms with Crippen LogP contribution in [-0.4, -0.2) is 17.1 Å². The molecule has 1 aliphatic rings. The van der Waals surface area contributed by atoms with Crippen molar-refractivity contribution in [1.82, 2.24) is 0 Å². The maximum atomic E-state index is 13.5. The van der Waals surface area contributed by atoms with E-state index in [0.717, 1.165) is 0 Å². The molecule has 1 nitrogen and oxygen atoms in total. The normalized spacial score (nSPS) is 19.7. The quantitative estimate of drug-likeness (QED) is 0.275. The first kappa shape index (κ1) is 33.6. The van der Waals surface area contributed by atoms with Gasteiger partial charge in [-0.1, -0.05) is 67.7 Å². The highest BCUT2D eigenvalue weighted by molar-refractivity contribution is 7.68. The molecule has 1 fully saturated rings. The lowest BCUT2D eigenvalue weighted by Crippen LogP contribution is -2.44. The molecule has 4 rings (SSSR count). The Hall–Kier alpha value is -2.24. The summed E-state index contributed by atoms with van der Waals surface area (Å²) in [6.07, 6.45) is 1.37. The zero-order chi connectivity index (χ0) is 32.5. The second-order valence-electron chi connectivity index (χ2n) is 15.8. The Balaban J connectivity index is 2.29. The molecule has 0 radical (unpaired) electrons. The van der Waals surface area contributed by atoms with Crippen molar-refractivity contribution < 1.29 is 4.79 Å². The SMILES string of the molecule is Cc1c(C)c(C)c(-c2cccc(-c3c(C)c(C)c(C)c(C)c3C)c2P2C(C(C)(C)C)CC(=O)CC2C(C)(C)C)c(C)c1C. The number of hydrogen-bond acceptors (Lipinski definition) is 1. The van der Waals surface area contributed by atoms with Gasteiger partial charge in [-0.15, -0.1) is 0 Å². The highest BCUT2D eigenvalue weighted by Crippen LogP contribution is 2.64. The number of Topliss-reactive ketones (excluding diaryl/α,β-unsaturated/α-hetero) is 1. The number of hydrogen-bond donors (Lipinski definition) is 0. The van der Waals surface area contributed by atoms with E-state index in [2.05, 4.69) is 129 Å². The van der Waals surface area contributed by atoms with Gasteiger partial charge in [0.2, 0.25) is 0 Å². The minimum atomic E-state index is -0.710. The number of rotatable bonds is 3. The number of ketones is 1. The summed E-state index contributed by atoms with van der Waals surface area (Å²) < 4.78 is 0. The predicted octanol–water partition coefficient (Wildman–Crippen LogP) is 11.4. The third-order valence-corrected chi connectivity index (χ3v) is 15.6. The van der Waals surface area contributed by atoms with Crippen LogP contribution in [0.3, 0.4) is 0 Å². The maximum absolute atomic E-state index is 13.5. The molecule has 0 amide bonds. The fourth-order valence-electron chi connectivity index (χ4n) is 7.72. The fraction of sp³-hybridized carbons (Fsp3) is 0.537. The molecule has 232 valence electrons. The van der Waals surface area contributed by atoms with E-state index >= 15 is 0 Å². The molecule has 0 aromatic heterocycles. The van der Waals surface area contributed by atoms with Gasteiger partial charge in [-0.2, -0.15) is 0 Å². The summed E-state index contributed by atoms with van der Waals surface area (Å²) in [5, 5.41) is 1.53. The second-order valence-corrected chi connectivity index (χ2v) is 18.3. The summed E-state index contributed by atoms with van der Waals surface area (Å²) in [7, 11) is -0.710. The molecule has 3 aromatic carbocycles. The maximum Gasteiger partial charge on any atom is 0.134 e. The van der Waals surface area contributed by atoms with Crippen molar-refractivity contribution >= 4 is 19.0 Å². The molecule has 2 atom stereocenters. The predicted molar refractivity (Wildman–Crippen MR) is 192 cm³/mol. The molecule has 2 heteroatoms. The average molecular weight is 597 g/mol. The Morgan fingerprint density at radius 1 is 0.512 bits per heavy atom. The zero-order valence-corrected chi connectivity index (χ0v) is 31.1. The van der Waals surface area contributed by atoms with Crippen molar-refractivity contribution in [1.29, 1.82) is 0 Å². The van der Waals surface area contributed by atoms with E-state index in [9.17, 15) is 4.79 Å². The summed E-state index contributed by atoms with van der Waals surface area (Å²) in [6.45, 7) is 37.3. The van der Waals surface area contributed by atoms with Crippen LogP contribution in [0.5, 0.6) is 0 Å². The minimum Gasteiger partial charge on any atom is -0.300 e. The van der Waals surface area contributed by atoms with Gasteiger partial charge in [-0.3, -0.25) is 4.79 Å². The van der Waals surface area contributed by atoms with Crippen molar-refractivity contribution in [3.63, 3.8) is 0 Å². The molecule has 1 heterocycles. The standard InChI is InChI=1S/C41H57OP/c1-22-24(3)28(7)37(29(8)25(22)4)33-18-17-19-34(38-30(9)26(5)23(2)27(6)31(38)10)39(33)43-35(40(11,12)13)20-32(42)21-36(43)41(14,15)16/h17-19,35-36H,20-21H2,1-16H3. The molecular formula is C41H57OP. The third-order valence-electron chi connectivity index (χ3n) is 11.3.